The maximum atomic E-state index is 12.9. The van der Waals surface area contributed by atoms with Gasteiger partial charge in [-0.05, 0) is 30.9 Å². The average Bonchev–Trinajstić information content (AvgIpc) is 2.68. The first kappa shape index (κ1) is 19.9. The minimum Gasteiger partial charge on any atom is -0.463 e. The van der Waals surface area contributed by atoms with Crippen molar-refractivity contribution >= 4 is 17.6 Å². The van der Waals surface area contributed by atoms with Gasteiger partial charge in [-0.1, -0.05) is 68.4 Å². The van der Waals surface area contributed by atoms with E-state index in [1.54, 1.807) is 6.92 Å². The van der Waals surface area contributed by atoms with Gasteiger partial charge in [0.2, 0.25) is 5.91 Å². The molecule has 2 aromatic carbocycles. The van der Waals surface area contributed by atoms with Crippen molar-refractivity contribution in [2.45, 2.75) is 40.0 Å². The minimum atomic E-state index is -0.393. The molecular weight excluding hydrogens is 350 g/mol. The molecule has 0 unspecified atom stereocenters. The van der Waals surface area contributed by atoms with Crippen LogP contribution in [-0.4, -0.2) is 18.5 Å². The molecule has 1 amide bonds. The summed E-state index contributed by atoms with van der Waals surface area (Å²) in [6.45, 7) is 6.23. The van der Waals surface area contributed by atoms with Crippen molar-refractivity contribution < 1.29 is 14.3 Å². The lowest BCUT2D eigenvalue weighted by atomic mass is 9.68. The first-order valence-electron chi connectivity index (χ1n) is 9.82. The van der Waals surface area contributed by atoms with Crippen molar-refractivity contribution in [1.82, 2.24) is 5.32 Å². The summed E-state index contributed by atoms with van der Waals surface area (Å²) < 4.78 is 5.38. The summed E-state index contributed by atoms with van der Waals surface area (Å²) in [5.41, 5.74) is 3.73. The van der Waals surface area contributed by atoms with Crippen LogP contribution in [0.4, 0.5) is 0 Å². The lowest BCUT2D eigenvalue weighted by Crippen LogP contribution is -2.37. The Kier molecular flexibility index (Phi) is 5.98. The summed E-state index contributed by atoms with van der Waals surface area (Å²) in [6.07, 6.45) is 1.77. The van der Waals surface area contributed by atoms with Crippen LogP contribution in [0, 0.1) is 5.41 Å². The summed E-state index contributed by atoms with van der Waals surface area (Å²) in [6, 6.07) is 17.5. The van der Waals surface area contributed by atoms with Crippen LogP contribution >= 0.6 is 0 Å². The Labute approximate surface area is 166 Å². The zero-order valence-corrected chi connectivity index (χ0v) is 16.7. The molecule has 0 saturated carbocycles. The molecule has 0 saturated heterocycles. The topological polar surface area (TPSA) is 55.4 Å². The Morgan fingerprint density at radius 1 is 1.04 bits per heavy atom. The molecule has 4 heteroatoms. The van der Waals surface area contributed by atoms with Gasteiger partial charge < -0.3 is 10.1 Å². The molecule has 0 spiro atoms. The van der Waals surface area contributed by atoms with E-state index >= 15 is 0 Å². The summed E-state index contributed by atoms with van der Waals surface area (Å²) in [5, 5.41) is 3.04. The number of hydrogen-bond acceptors (Lipinski definition) is 3. The van der Waals surface area contributed by atoms with E-state index in [0.29, 0.717) is 17.9 Å². The van der Waals surface area contributed by atoms with E-state index in [1.165, 1.54) is 0 Å². The van der Waals surface area contributed by atoms with Crippen molar-refractivity contribution in [1.29, 1.82) is 0 Å². The molecule has 1 atom stereocenters. The van der Waals surface area contributed by atoms with Crippen molar-refractivity contribution in [3.8, 4) is 0 Å². The van der Waals surface area contributed by atoms with Gasteiger partial charge in [-0.2, -0.15) is 0 Å². The van der Waals surface area contributed by atoms with Crippen molar-refractivity contribution in [3.05, 3.63) is 76.9 Å². The summed E-state index contributed by atoms with van der Waals surface area (Å²) >= 11 is 0. The Morgan fingerprint density at radius 2 is 1.71 bits per heavy atom. The fraction of sp³-hybridized carbons (Fsp3) is 0.333. The maximum absolute atomic E-state index is 12.9. The molecule has 1 N–H and O–H groups in total. The van der Waals surface area contributed by atoms with E-state index in [4.69, 9.17) is 4.74 Å². The molecule has 0 aliphatic heterocycles. The average molecular weight is 377 g/mol. The van der Waals surface area contributed by atoms with Gasteiger partial charge in [0.1, 0.15) is 0 Å². The number of hydrogen-bond donors (Lipinski definition) is 1. The molecule has 4 nitrogen and oxygen atoms in total. The second-order valence-corrected chi connectivity index (χ2v) is 7.43. The normalized spacial score (nSPS) is 18.4. The number of rotatable bonds is 6. The van der Waals surface area contributed by atoms with E-state index in [9.17, 15) is 9.59 Å². The van der Waals surface area contributed by atoms with Gasteiger partial charge >= 0.3 is 5.97 Å². The molecule has 146 valence electrons. The molecule has 3 rings (SSSR count). The van der Waals surface area contributed by atoms with E-state index in [1.807, 2.05) is 48.5 Å². The van der Waals surface area contributed by atoms with Crippen molar-refractivity contribution in [3.63, 3.8) is 0 Å². The standard InChI is InChI=1S/C24H27NO3/c1-4-24(3)16-18-13-9-10-14-19(18)22(21(24)23(27)28-5-2)25-20(26)15-17-11-7-6-8-12-17/h6-14H,4-5,15-16H2,1-3H3,(H,25,26)/t24-/m0/s1. The predicted octanol–water partition coefficient (Wildman–Crippen LogP) is 4.29. The molecule has 2 aromatic rings. The fourth-order valence-electron chi connectivity index (χ4n) is 3.81. The smallest absolute Gasteiger partial charge is 0.336 e. The van der Waals surface area contributed by atoms with Gasteiger partial charge in [-0.3, -0.25) is 4.79 Å². The number of carbonyl (C=O) groups is 2. The number of benzene rings is 2. The van der Waals surface area contributed by atoms with Crippen LogP contribution in [0.1, 0.15) is 43.9 Å². The van der Waals surface area contributed by atoms with Gasteiger partial charge in [-0.15, -0.1) is 0 Å². The molecular formula is C24H27NO3. The third-order valence-corrected chi connectivity index (χ3v) is 5.45. The van der Waals surface area contributed by atoms with Crippen LogP contribution in [0.25, 0.3) is 5.70 Å². The Balaban J connectivity index is 2.05. The monoisotopic (exact) mass is 377 g/mol. The number of fused-ring (bicyclic) bond motifs is 1. The lowest BCUT2D eigenvalue weighted by molar-refractivity contribution is -0.139. The highest BCUT2D eigenvalue weighted by atomic mass is 16.5. The van der Waals surface area contributed by atoms with E-state index in [2.05, 4.69) is 25.2 Å². The third kappa shape index (κ3) is 4.01. The number of carbonyl (C=O) groups excluding carboxylic acids is 2. The predicted molar refractivity (Wildman–Crippen MR) is 110 cm³/mol. The molecule has 0 aromatic heterocycles. The van der Waals surface area contributed by atoms with Crippen LogP contribution in [-0.2, 0) is 27.2 Å². The minimum absolute atomic E-state index is 0.141. The Morgan fingerprint density at radius 3 is 2.39 bits per heavy atom. The lowest BCUT2D eigenvalue weighted by Gasteiger charge is -2.37. The van der Waals surface area contributed by atoms with Gasteiger partial charge in [0.15, 0.2) is 0 Å². The van der Waals surface area contributed by atoms with Gasteiger partial charge in [0.25, 0.3) is 0 Å². The van der Waals surface area contributed by atoms with E-state index < -0.39 is 5.41 Å². The zero-order chi connectivity index (χ0) is 20.1. The van der Waals surface area contributed by atoms with Crippen LogP contribution in [0.2, 0.25) is 0 Å². The molecule has 1 aliphatic carbocycles. The second-order valence-electron chi connectivity index (χ2n) is 7.43. The van der Waals surface area contributed by atoms with Crippen LogP contribution in [0.5, 0.6) is 0 Å². The molecule has 0 heterocycles. The SMILES string of the molecule is CCOC(=O)C1=C(NC(=O)Cc2ccccc2)c2ccccc2C[C@]1(C)CC. The number of nitrogens with one attached hydrogen (secondary N) is 1. The van der Waals surface area contributed by atoms with Gasteiger partial charge in [0.05, 0.1) is 24.3 Å². The molecule has 0 radical (unpaired) electrons. The van der Waals surface area contributed by atoms with Crippen LogP contribution < -0.4 is 5.32 Å². The summed E-state index contributed by atoms with van der Waals surface area (Å²) in [7, 11) is 0. The maximum Gasteiger partial charge on any atom is 0.336 e. The molecule has 0 fully saturated rings. The largest absolute Gasteiger partial charge is 0.463 e. The van der Waals surface area contributed by atoms with E-state index in [-0.39, 0.29) is 18.3 Å². The van der Waals surface area contributed by atoms with Crippen molar-refractivity contribution in [2.75, 3.05) is 6.61 Å². The molecule has 28 heavy (non-hydrogen) atoms. The molecule has 1 aliphatic rings. The quantitative estimate of drug-likeness (QED) is 0.764. The summed E-state index contributed by atoms with van der Waals surface area (Å²) in [5.74, 6) is -0.491. The first-order valence-corrected chi connectivity index (χ1v) is 9.82. The highest BCUT2D eigenvalue weighted by Crippen LogP contribution is 2.44. The van der Waals surface area contributed by atoms with Gasteiger partial charge in [0, 0.05) is 11.0 Å². The number of amides is 1. The van der Waals surface area contributed by atoms with Gasteiger partial charge in [-0.25, -0.2) is 4.79 Å². The van der Waals surface area contributed by atoms with Crippen molar-refractivity contribution in [2.24, 2.45) is 5.41 Å². The molecule has 0 bridgehead atoms. The van der Waals surface area contributed by atoms with Crippen LogP contribution in [0.3, 0.4) is 0 Å². The first-order chi connectivity index (χ1) is 13.5. The third-order valence-electron chi connectivity index (χ3n) is 5.45. The highest BCUT2D eigenvalue weighted by Gasteiger charge is 2.40. The number of esters is 1. The highest BCUT2D eigenvalue weighted by molar-refractivity contribution is 6.03. The Hall–Kier alpha value is -2.88. The number of ether oxygens (including phenoxy) is 1. The zero-order valence-electron chi connectivity index (χ0n) is 16.7. The van der Waals surface area contributed by atoms with Crippen LogP contribution in [0.15, 0.2) is 60.2 Å². The summed E-state index contributed by atoms with van der Waals surface area (Å²) in [4.78, 5) is 25.7. The fourth-order valence-corrected chi connectivity index (χ4v) is 3.81. The second kappa shape index (κ2) is 8.42. The Bertz CT molecular complexity index is 901. The van der Waals surface area contributed by atoms with E-state index in [0.717, 1.165) is 29.5 Å².